The number of hydrogen-bond acceptors (Lipinski definition) is 4. The minimum absolute atomic E-state index is 0.312. The quantitative estimate of drug-likeness (QED) is 0.435. The normalized spacial score (nSPS) is 10.7. The van der Waals surface area contributed by atoms with Gasteiger partial charge >= 0.3 is 0 Å². The Hall–Kier alpha value is -1.46. The second kappa shape index (κ2) is 7.79. The number of pyridine rings is 1. The minimum Gasteiger partial charge on any atom is -0.298 e. The molecule has 0 unspecified atom stereocenters. The molecular weight excluding hydrogens is 228 g/mol. The zero-order chi connectivity index (χ0) is 13.4. The van der Waals surface area contributed by atoms with Crippen LogP contribution in [0, 0.1) is 0 Å². The standard InChI is InChI=1S/C13H22N4O/c1-3-7-17(8-4-2)10-12-6-5-11(9-15-12)13(18)16-14/h5-6,9H,3-4,7-8,10,14H2,1-2H3,(H,16,18). The predicted molar refractivity (Wildman–Crippen MR) is 71.7 cm³/mol. The van der Waals surface area contributed by atoms with Crippen LogP contribution in [0.3, 0.4) is 0 Å². The molecule has 0 aromatic carbocycles. The van der Waals surface area contributed by atoms with Crippen LogP contribution in [-0.2, 0) is 6.54 Å². The summed E-state index contributed by atoms with van der Waals surface area (Å²) in [5.41, 5.74) is 3.56. The number of nitrogens with two attached hydrogens (primary N) is 1. The van der Waals surface area contributed by atoms with Gasteiger partial charge in [0.2, 0.25) is 0 Å². The molecule has 0 bridgehead atoms. The van der Waals surface area contributed by atoms with Crippen LogP contribution in [0.5, 0.6) is 0 Å². The lowest BCUT2D eigenvalue weighted by Crippen LogP contribution is -2.30. The van der Waals surface area contributed by atoms with E-state index in [1.165, 1.54) is 0 Å². The van der Waals surface area contributed by atoms with Crippen LogP contribution in [0.25, 0.3) is 0 Å². The molecule has 18 heavy (non-hydrogen) atoms. The fourth-order valence-electron chi connectivity index (χ4n) is 1.87. The van der Waals surface area contributed by atoms with Gasteiger partial charge in [-0.3, -0.25) is 20.1 Å². The van der Waals surface area contributed by atoms with Crippen LogP contribution in [0.2, 0.25) is 0 Å². The predicted octanol–water partition coefficient (Wildman–Crippen LogP) is 1.31. The number of amides is 1. The fraction of sp³-hybridized carbons (Fsp3) is 0.538. The van der Waals surface area contributed by atoms with Crippen LogP contribution >= 0.6 is 0 Å². The number of carbonyl (C=O) groups excluding carboxylic acids is 1. The molecular formula is C13H22N4O. The summed E-state index contributed by atoms with van der Waals surface area (Å²) in [6, 6.07) is 3.63. The Kier molecular flexibility index (Phi) is 6.32. The van der Waals surface area contributed by atoms with Gasteiger partial charge in [-0.05, 0) is 38.1 Å². The van der Waals surface area contributed by atoms with E-state index in [2.05, 4.69) is 29.2 Å². The Bertz CT molecular complexity index is 358. The molecule has 1 heterocycles. The van der Waals surface area contributed by atoms with E-state index >= 15 is 0 Å². The van der Waals surface area contributed by atoms with Gasteiger partial charge in [0, 0.05) is 12.7 Å². The fourth-order valence-corrected chi connectivity index (χ4v) is 1.87. The number of aromatic nitrogens is 1. The third-order valence-electron chi connectivity index (χ3n) is 2.68. The summed E-state index contributed by atoms with van der Waals surface area (Å²) in [4.78, 5) is 17.9. The second-order valence-electron chi connectivity index (χ2n) is 4.29. The van der Waals surface area contributed by atoms with Crippen molar-refractivity contribution in [1.29, 1.82) is 0 Å². The topological polar surface area (TPSA) is 71.2 Å². The van der Waals surface area contributed by atoms with Gasteiger partial charge in [0.25, 0.3) is 5.91 Å². The van der Waals surface area contributed by atoms with Crippen molar-refractivity contribution < 1.29 is 4.79 Å². The van der Waals surface area contributed by atoms with Gasteiger partial charge in [0.1, 0.15) is 0 Å². The molecule has 3 N–H and O–H groups in total. The number of hydrazine groups is 1. The first-order chi connectivity index (χ1) is 8.71. The maximum absolute atomic E-state index is 11.3. The van der Waals surface area contributed by atoms with Crippen LogP contribution in [0.1, 0.15) is 42.7 Å². The van der Waals surface area contributed by atoms with Crippen molar-refractivity contribution in [2.45, 2.75) is 33.2 Å². The maximum Gasteiger partial charge on any atom is 0.266 e. The van der Waals surface area contributed by atoms with Gasteiger partial charge in [-0.15, -0.1) is 0 Å². The van der Waals surface area contributed by atoms with E-state index in [0.717, 1.165) is 38.2 Å². The summed E-state index contributed by atoms with van der Waals surface area (Å²) in [6.45, 7) is 7.31. The first-order valence-corrected chi connectivity index (χ1v) is 6.39. The molecule has 1 amide bonds. The summed E-state index contributed by atoms with van der Waals surface area (Å²) in [7, 11) is 0. The van der Waals surface area contributed by atoms with E-state index in [1.807, 2.05) is 6.07 Å². The summed E-state index contributed by atoms with van der Waals surface area (Å²) >= 11 is 0. The number of nitrogens with zero attached hydrogens (tertiary/aromatic N) is 2. The number of carbonyl (C=O) groups is 1. The number of nitrogen functional groups attached to an aromatic ring is 1. The molecule has 1 aromatic heterocycles. The molecule has 1 aromatic rings. The average molecular weight is 250 g/mol. The lowest BCUT2D eigenvalue weighted by Gasteiger charge is -2.20. The monoisotopic (exact) mass is 250 g/mol. The average Bonchev–Trinajstić information content (AvgIpc) is 2.39. The minimum atomic E-state index is -0.312. The van der Waals surface area contributed by atoms with Crippen molar-refractivity contribution in [3.8, 4) is 0 Å². The smallest absolute Gasteiger partial charge is 0.266 e. The first-order valence-electron chi connectivity index (χ1n) is 6.39. The van der Waals surface area contributed by atoms with Crippen LogP contribution < -0.4 is 11.3 Å². The molecule has 0 atom stereocenters. The molecule has 0 aliphatic heterocycles. The highest BCUT2D eigenvalue weighted by Gasteiger charge is 2.07. The maximum atomic E-state index is 11.3. The van der Waals surface area contributed by atoms with Crippen molar-refractivity contribution in [1.82, 2.24) is 15.3 Å². The van der Waals surface area contributed by atoms with Gasteiger partial charge in [0.05, 0.1) is 11.3 Å². The van der Waals surface area contributed by atoms with E-state index in [0.29, 0.717) is 5.56 Å². The Labute approximate surface area is 108 Å². The molecule has 0 fully saturated rings. The third-order valence-corrected chi connectivity index (χ3v) is 2.68. The van der Waals surface area contributed by atoms with Gasteiger partial charge in [-0.1, -0.05) is 13.8 Å². The number of nitrogens with one attached hydrogen (secondary N) is 1. The molecule has 0 saturated carbocycles. The summed E-state index contributed by atoms with van der Waals surface area (Å²) in [5.74, 6) is 4.75. The zero-order valence-corrected chi connectivity index (χ0v) is 11.1. The van der Waals surface area contributed by atoms with Crippen molar-refractivity contribution in [2.75, 3.05) is 13.1 Å². The van der Waals surface area contributed by atoms with Gasteiger partial charge in [-0.2, -0.15) is 0 Å². The summed E-state index contributed by atoms with van der Waals surface area (Å²) in [5, 5.41) is 0. The Morgan fingerprint density at radius 2 is 2.00 bits per heavy atom. The Balaban J connectivity index is 2.63. The second-order valence-corrected chi connectivity index (χ2v) is 4.29. The lowest BCUT2D eigenvalue weighted by molar-refractivity contribution is 0.0953. The van der Waals surface area contributed by atoms with Gasteiger partial charge < -0.3 is 0 Å². The molecule has 0 saturated heterocycles. The van der Waals surface area contributed by atoms with Crippen LogP contribution in [-0.4, -0.2) is 28.9 Å². The molecule has 0 aliphatic rings. The SMILES string of the molecule is CCCN(CCC)Cc1ccc(C(=O)NN)cn1. The van der Waals surface area contributed by atoms with E-state index in [-0.39, 0.29) is 5.91 Å². The van der Waals surface area contributed by atoms with Gasteiger partial charge in [0.15, 0.2) is 0 Å². The highest BCUT2D eigenvalue weighted by Crippen LogP contribution is 2.05. The molecule has 0 spiro atoms. The Morgan fingerprint density at radius 1 is 1.33 bits per heavy atom. The first kappa shape index (κ1) is 14.6. The van der Waals surface area contributed by atoms with E-state index < -0.39 is 0 Å². The largest absolute Gasteiger partial charge is 0.298 e. The molecule has 0 radical (unpaired) electrons. The third kappa shape index (κ3) is 4.43. The van der Waals surface area contributed by atoms with Gasteiger partial charge in [-0.25, -0.2) is 5.84 Å². The number of hydrogen-bond donors (Lipinski definition) is 2. The highest BCUT2D eigenvalue weighted by molar-refractivity contribution is 5.93. The summed E-state index contributed by atoms with van der Waals surface area (Å²) < 4.78 is 0. The Morgan fingerprint density at radius 3 is 2.44 bits per heavy atom. The number of rotatable bonds is 7. The highest BCUT2D eigenvalue weighted by atomic mass is 16.2. The summed E-state index contributed by atoms with van der Waals surface area (Å²) in [6.07, 6.45) is 3.83. The van der Waals surface area contributed by atoms with Crippen molar-refractivity contribution >= 4 is 5.91 Å². The van der Waals surface area contributed by atoms with E-state index in [1.54, 1.807) is 12.3 Å². The zero-order valence-electron chi connectivity index (χ0n) is 11.1. The molecule has 0 aliphatic carbocycles. The van der Waals surface area contributed by atoms with Crippen molar-refractivity contribution in [3.63, 3.8) is 0 Å². The molecule has 5 heteroatoms. The molecule has 5 nitrogen and oxygen atoms in total. The molecule has 1 rings (SSSR count). The van der Waals surface area contributed by atoms with E-state index in [4.69, 9.17) is 5.84 Å². The van der Waals surface area contributed by atoms with Crippen LogP contribution in [0.4, 0.5) is 0 Å². The van der Waals surface area contributed by atoms with Crippen molar-refractivity contribution in [2.24, 2.45) is 5.84 Å². The molecule has 100 valence electrons. The van der Waals surface area contributed by atoms with E-state index in [9.17, 15) is 4.79 Å². The lowest BCUT2D eigenvalue weighted by atomic mass is 10.2. The van der Waals surface area contributed by atoms with Crippen molar-refractivity contribution in [3.05, 3.63) is 29.6 Å². The van der Waals surface area contributed by atoms with Crippen LogP contribution in [0.15, 0.2) is 18.3 Å².